The first-order valence-electron chi connectivity index (χ1n) is 5.26. The zero-order chi connectivity index (χ0) is 10.3. The van der Waals surface area contributed by atoms with Crippen LogP contribution in [-0.2, 0) is 0 Å². The normalized spacial score (nSPS) is 25.7. The van der Waals surface area contributed by atoms with E-state index in [-0.39, 0.29) is 12.4 Å². The first-order chi connectivity index (χ1) is 7.38. The van der Waals surface area contributed by atoms with Gasteiger partial charge in [0, 0.05) is 30.5 Å². The Bertz CT molecular complexity index is 441. The first kappa shape index (κ1) is 11.3. The highest BCUT2D eigenvalue weighted by atomic mass is 35.5. The summed E-state index contributed by atoms with van der Waals surface area (Å²) >= 11 is 0. The van der Waals surface area contributed by atoms with Crippen LogP contribution in [0, 0.1) is 17.2 Å². The minimum Gasteiger partial charge on any atom is -0.493 e. The van der Waals surface area contributed by atoms with Crippen LogP contribution in [-0.4, -0.2) is 19.7 Å². The Morgan fingerprint density at radius 2 is 2.25 bits per heavy atom. The molecule has 16 heavy (non-hydrogen) atoms. The van der Waals surface area contributed by atoms with E-state index in [1.165, 1.54) is 5.56 Å². The van der Waals surface area contributed by atoms with Gasteiger partial charge in [0.15, 0.2) is 0 Å². The third-order valence-corrected chi connectivity index (χ3v) is 3.33. The standard InChI is InChI=1S/C12H12N2O.ClH/c13-4-8-1-2-12-10(3-8)11-6-14-5-9(11)7-15-12;/h1-3,9,11,14H,5-7H2;1H. The van der Waals surface area contributed by atoms with Crippen molar-refractivity contribution in [1.82, 2.24) is 5.32 Å². The van der Waals surface area contributed by atoms with Crippen molar-refractivity contribution in [2.75, 3.05) is 19.7 Å². The highest BCUT2D eigenvalue weighted by Crippen LogP contribution is 2.39. The van der Waals surface area contributed by atoms with Crippen LogP contribution in [0.5, 0.6) is 5.75 Å². The number of nitriles is 1. The van der Waals surface area contributed by atoms with E-state index in [1.807, 2.05) is 18.2 Å². The maximum absolute atomic E-state index is 8.87. The van der Waals surface area contributed by atoms with Gasteiger partial charge in [-0.1, -0.05) is 0 Å². The number of benzene rings is 1. The molecule has 0 saturated carbocycles. The van der Waals surface area contributed by atoms with Crippen LogP contribution < -0.4 is 10.1 Å². The Balaban J connectivity index is 0.000000963. The Labute approximate surface area is 101 Å². The van der Waals surface area contributed by atoms with Gasteiger partial charge in [-0.05, 0) is 18.2 Å². The van der Waals surface area contributed by atoms with E-state index in [2.05, 4.69) is 11.4 Å². The van der Waals surface area contributed by atoms with E-state index in [0.29, 0.717) is 11.8 Å². The predicted molar refractivity (Wildman–Crippen MR) is 63.0 cm³/mol. The van der Waals surface area contributed by atoms with Crippen molar-refractivity contribution in [2.24, 2.45) is 5.92 Å². The molecule has 0 amide bonds. The number of rotatable bonds is 0. The maximum atomic E-state index is 8.87. The van der Waals surface area contributed by atoms with Gasteiger partial charge in [-0.3, -0.25) is 0 Å². The number of ether oxygens (including phenoxy) is 1. The molecule has 3 rings (SSSR count). The van der Waals surface area contributed by atoms with Gasteiger partial charge in [-0.25, -0.2) is 0 Å². The minimum atomic E-state index is 0. The molecule has 84 valence electrons. The van der Waals surface area contributed by atoms with Crippen molar-refractivity contribution < 1.29 is 4.74 Å². The molecule has 0 bridgehead atoms. The molecule has 0 radical (unpaired) electrons. The Morgan fingerprint density at radius 1 is 1.38 bits per heavy atom. The van der Waals surface area contributed by atoms with E-state index in [4.69, 9.17) is 10.00 Å². The van der Waals surface area contributed by atoms with Crippen LogP contribution in [0.25, 0.3) is 0 Å². The van der Waals surface area contributed by atoms with Gasteiger partial charge in [-0.2, -0.15) is 5.26 Å². The van der Waals surface area contributed by atoms with Crippen molar-refractivity contribution >= 4 is 12.4 Å². The van der Waals surface area contributed by atoms with Gasteiger partial charge in [0.2, 0.25) is 0 Å². The summed E-state index contributed by atoms with van der Waals surface area (Å²) in [6.45, 7) is 2.84. The van der Waals surface area contributed by atoms with Crippen LogP contribution in [0.15, 0.2) is 18.2 Å². The molecule has 4 heteroatoms. The van der Waals surface area contributed by atoms with Gasteiger partial charge in [0.25, 0.3) is 0 Å². The second-order valence-corrected chi connectivity index (χ2v) is 4.20. The molecular formula is C12H13ClN2O. The summed E-state index contributed by atoms with van der Waals surface area (Å²) < 4.78 is 5.69. The number of nitrogens with zero attached hydrogens (tertiary/aromatic N) is 1. The molecule has 3 nitrogen and oxygen atoms in total. The average Bonchev–Trinajstić information content (AvgIpc) is 2.76. The lowest BCUT2D eigenvalue weighted by molar-refractivity contribution is 0.219. The van der Waals surface area contributed by atoms with Crippen molar-refractivity contribution in [1.29, 1.82) is 5.26 Å². The first-order valence-corrected chi connectivity index (χ1v) is 5.26. The van der Waals surface area contributed by atoms with Crippen molar-refractivity contribution in [3.05, 3.63) is 29.3 Å². The molecule has 1 aromatic rings. The van der Waals surface area contributed by atoms with Gasteiger partial charge in [-0.15, -0.1) is 12.4 Å². The fourth-order valence-corrected chi connectivity index (χ4v) is 2.51. The van der Waals surface area contributed by atoms with Crippen molar-refractivity contribution in [3.8, 4) is 11.8 Å². The summed E-state index contributed by atoms with van der Waals surface area (Å²) in [6.07, 6.45) is 0. The molecule has 2 aliphatic heterocycles. The predicted octanol–water partition coefficient (Wildman–Crippen LogP) is 1.68. The van der Waals surface area contributed by atoms with Crippen molar-refractivity contribution in [3.63, 3.8) is 0 Å². The number of nitrogens with one attached hydrogen (secondary N) is 1. The van der Waals surface area contributed by atoms with Crippen LogP contribution >= 0.6 is 12.4 Å². The topological polar surface area (TPSA) is 45.0 Å². The monoisotopic (exact) mass is 236 g/mol. The fraction of sp³-hybridized carbons (Fsp3) is 0.417. The molecular weight excluding hydrogens is 224 g/mol. The number of hydrogen-bond acceptors (Lipinski definition) is 3. The smallest absolute Gasteiger partial charge is 0.122 e. The molecule has 1 fully saturated rings. The number of fused-ring (bicyclic) bond motifs is 3. The van der Waals surface area contributed by atoms with Crippen LogP contribution in [0.1, 0.15) is 17.0 Å². The van der Waals surface area contributed by atoms with Crippen LogP contribution in [0.3, 0.4) is 0 Å². The van der Waals surface area contributed by atoms with Crippen LogP contribution in [0.4, 0.5) is 0 Å². The highest BCUT2D eigenvalue weighted by Gasteiger charge is 2.34. The lowest BCUT2D eigenvalue weighted by atomic mass is 9.86. The number of halogens is 1. The summed E-state index contributed by atoms with van der Waals surface area (Å²) in [7, 11) is 0. The summed E-state index contributed by atoms with van der Waals surface area (Å²) in [5.74, 6) is 2.06. The van der Waals surface area contributed by atoms with E-state index in [0.717, 1.165) is 31.0 Å². The molecule has 2 heterocycles. The van der Waals surface area contributed by atoms with E-state index in [1.54, 1.807) is 0 Å². The van der Waals surface area contributed by atoms with E-state index >= 15 is 0 Å². The van der Waals surface area contributed by atoms with Crippen molar-refractivity contribution in [2.45, 2.75) is 5.92 Å². The van der Waals surface area contributed by atoms with E-state index < -0.39 is 0 Å². The molecule has 1 aromatic carbocycles. The fourth-order valence-electron chi connectivity index (χ4n) is 2.51. The van der Waals surface area contributed by atoms with Crippen LogP contribution in [0.2, 0.25) is 0 Å². The van der Waals surface area contributed by atoms with E-state index in [9.17, 15) is 0 Å². The Hall–Kier alpha value is -1.24. The highest BCUT2D eigenvalue weighted by molar-refractivity contribution is 5.85. The maximum Gasteiger partial charge on any atom is 0.122 e. The molecule has 1 saturated heterocycles. The van der Waals surface area contributed by atoms with Gasteiger partial charge in [0.05, 0.1) is 18.2 Å². The number of hydrogen-bond donors (Lipinski definition) is 1. The Morgan fingerprint density at radius 3 is 3.06 bits per heavy atom. The third kappa shape index (κ3) is 1.64. The summed E-state index contributed by atoms with van der Waals surface area (Å²) in [4.78, 5) is 0. The molecule has 2 unspecified atom stereocenters. The summed E-state index contributed by atoms with van der Waals surface area (Å²) in [6, 6.07) is 7.89. The van der Waals surface area contributed by atoms with Gasteiger partial charge >= 0.3 is 0 Å². The zero-order valence-electron chi connectivity index (χ0n) is 8.77. The molecule has 1 N–H and O–H groups in total. The largest absolute Gasteiger partial charge is 0.493 e. The Kier molecular flexibility index (Phi) is 3.04. The second kappa shape index (κ2) is 4.32. The van der Waals surface area contributed by atoms with Gasteiger partial charge in [0.1, 0.15) is 5.75 Å². The zero-order valence-corrected chi connectivity index (χ0v) is 9.59. The lowest BCUT2D eigenvalue weighted by Crippen LogP contribution is -2.24. The molecule has 0 aromatic heterocycles. The summed E-state index contributed by atoms with van der Waals surface area (Å²) in [5.41, 5.74) is 1.93. The lowest BCUT2D eigenvalue weighted by Gasteiger charge is -2.27. The summed E-state index contributed by atoms with van der Waals surface area (Å²) in [5, 5.41) is 12.3. The minimum absolute atomic E-state index is 0. The average molecular weight is 237 g/mol. The quantitative estimate of drug-likeness (QED) is 0.746. The molecule has 2 aliphatic rings. The molecule has 2 atom stereocenters. The third-order valence-electron chi connectivity index (χ3n) is 3.33. The van der Waals surface area contributed by atoms with Gasteiger partial charge < -0.3 is 10.1 Å². The molecule has 0 aliphatic carbocycles. The second-order valence-electron chi connectivity index (χ2n) is 4.20. The SMILES string of the molecule is Cl.N#Cc1ccc2c(c1)C1CNCC1CO2. The molecule has 0 spiro atoms.